The van der Waals surface area contributed by atoms with Crippen molar-refractivity contribution in [3.05, 3.63) is 35.9 Å². The van der Waals surface area contributed by atoms with Crippen molar-refractivity contribution in [2.24, 2.45) is 5.73 Å². The van der Waals surface area contributed by atoms with Crippen molar-refractivity contribution < 1.29 is 13.2 Å². The second kappa shape index (κ2) is 5.73. The number of hydrogen-bond donors (Lipinski definition) is 2. The molecule has 114 valence electrons. The molecule has 7 heteroatoms. The molecule has 1 amide bonds. The van der Waals surface area contributed by atoms with Crippen LogP contribution in [-0.4, -0.2) is 36.4 Å². The first-order chi connectivity index (χ1) is 9.72. The van der Waals surface area contributed by atoms with E-state index in [4.69, 9.17) is 18.0 Å². The molecule has 1 heterocycles. The van der Waals surface area contributed by atoms with Crippen LogP contribution in [0.5, 0.6) is 0 Å². The zero-order valence-electron chi connectivity index (χ0n) is 11.7. The van der Waals surface area contributed by atoms with Crippen LogP contribution < -0.4 is 11.1 Å². The third-order valence-electron chi connectivity index (χ3n) is 3.61. The van der Waals surface area contributed by atoms with Crippen molar-refractivity contribution in [1.82, 2.24) is 5.32 Å². The molecular weight excluding hydrogens is 308 g/mol. The van der Waals surface area contributed by atoms with Crippen LogP contribution in [0.2, 0.25) is 0 Å². The van der Waals surface area contributed by atoms with Gasteiger partial charge in [-0.3, -0.25) is 4.79 Å². The van der Waals surface area contributed by atoms with Crippen LogP contribution in [-0.2, 0) is 14.6 Å². The lowest BCUT2D eigenvalue weighted by molar-refractivity contribution is -0.122. The summed E-state index contributed by atoms with van der Waals surface area (Å²) in [6.45, 7) is 1.73. The van der Waals surface area contributed by atoms with Crippen molar-refractivity contribution in [2.45, 2.75) is 24.8 Å². The normalized spacial score (nSPS) is 25.2. The van der Waals surface area contributed by atoms with Crippen LogP contribution in [0.15, 0.2) is 30.3 Å². The van der Waals surface area contributed by atoms with E-state index in [2.05, 4.69) is 5.32 Å². The minimum atomic E-state index is -3.09. The van der Waals surface area contributed by atoms with Gasteiger partial charge < -0.3 is 11.1 Å². The first kappa shape index (κ1) is 15.9. The molecule has 1 fully saturated rings. The van der Waals surface area contributed by atoms with Gasteiger partial charge in [-0.1, -0.05) is 42.5 Å². The number of amides is 1. The standard InChI is InChI=1S/C14H18N2O3S2/c1-14(7-8-21(18,19)9-14)16-13(17)11(12(15)20)10-5-3-2-4-6-10/h2-6,11H,7-9H2,1H3,(H2,15,20)(H,16,17). The zero-order valence-corrected chi connectivity index (χ0v) is 13.3. The Kier molecular flexibility index (Phi) is 4.34. The Labute approximate surface area is 129 Å². The number of nitrogens with one attached hydrogen (secondary N) is 1. The van der Waals surface area contributed by atoms with E-state index in [-0.39, 0.29) is 22.4 Å². The highest BCUT2D eigenvalue weighted by Gasteiger charge is 2.41. The van der Waals surface area contributed by atoms with Crippen molar-refractivity contribution >= 4 is 33.0 Å². The minimum Gasteiger partial charge on any atom is -0.392 e. The van der Waals surface area contributed by atoms with Gasteiger partial charge in [-0.2, -0.15) is 0 Å². The Balaban J connectivity index is 2.20. The molecule has 0 aromatic heterocycles. The Hall–Kier alpha value is -1.47. The maximum Gasteiger partial charge on any atom is 0.234 e. The number of sulfone groups is 1. The second-order valence-electron chi connectivity index (χ2n) is 5.64. The summed E-state index contributed by atoms with van der Waals surface area (Å²) >= 11 is 5.00. The number of carbonyl (C=O) groups is 1. The van der Waals surface area contributed by atoms with Crippen molar-refractivity contribution in [3.63, 3.8) is 0 Å². The lowest BCUT2D eigenvalue weighted by atomic mass is 9.95. The topological polar surface area (TPSA) is 89.3 Å². The summed E-state index contributed by atoms with van der Waals surface area (Å²) in [5.74, 6) is -1.06. The number of nitrogens with two attached hydrogens (primary N) is 1. The van der Waals surface area contributed by atoms with Gasteiger partial charge >= 0.3 is 0 Å². The number of carbonyl (C=O) groups excluding carboxylic acids is 1. The molecule has 2 unspecified atom stereocenters. The molecule has 0 radical (unpaired) electrons. The van der Waals surface area contributed by atoms with Crippen LogP contribution >= 0.6 is 12.2 Å². The van der Waals surface area contributed by atoms with E-state index in [1.807, 2.05) is 6.07 Å². The molecule has 2 rings (SSSR count). The summed E-state index contributed by atoms with van der Waals surface area (Å²) in [5, 5.41) is 2.81. The average molecular weight is 326 g/mol. The van der Waals surface area contributed by atoms with Gasteiger partial charge in [0.15, 0.2) is 9.84 Å². The smallest absolute Gasteiger partial charge is 0.234 e. The predicted octanol–water partition coefficient (Wildman–Crippen LogP) is 0.750. The Morgan fingerprint density at radius 2 is 2.00 bits per heavy atom. The Morgan fingerprint density at radius 1 is 1.38 bits per heavy atom. The predicted molar refractivity (Wildman–Crippen MR) is 85.8 cm³/mol. The van der Waals surface area contributed by atoms with Crippen LogP contribution in [0.3, 0.4) is 0 Å². The first-order valence-corrected chi connectivity index (χ1v) is 8.82. The molecule has 3 N–H and O–H groups in total. The highest BCUT2D eigenvalue weighted by atomic mass is 32.2. The van der Waals surface area contributed by atoms with E-state index in [1.54, 1.807) is 31.2 Å². The van der Waals surface area contributed by atoms with Gasteiger partial charge in [0.1, 0.15) is 5.92 Å². The molecule has 1 aromatic rings. The van der Waals surface area contributed by atoms with Crippen molar-refractivity contribution in [2.75, 3.05) is 11.5 Å². The van der Waals surface area contributed by atoms with Crippen molar-refractivity contribution in [1.29, 1.82) is 0 Å². The van der Waals surface area contributed by atoms with E-state index in [0.29, 0.717) is 12.0 Å². The van der Waals surface area contributed by atoms with Gasteiger partial charge in [0, 0.05) is 0 Å². The van der Waals surface area contributed by atoms with Gasteiger partial charge in [-0.05, 0) is 18.9 Å². The van der Waals surface area contributed by atoms with E-state index < -0.39 is 21.3 Å². The Morgan fingerprint density at radius 3 is 2.48 bits per heavy atom. The quantitative estimate of drug-likeness (QED) is 0.797. The van der Waals surface area contributed by atoms with E-state index >= 15 is 0 Å². The van der Waals surface area contributed by atoms with Gasteiger partial charge in [0.2, 0.25) is 5.91 Å². The first-order valence-electron chi connectivity index (χ1n) is 6.59. The molecule has 21 heavy (non-hydrogen) atoms. The summed E-state index contributed by atoms with van der Waals surface area (Å²) < 4.78 is 23.2. The summed E-state index contributed by atoms with van der Waals surface area (Å²) in [6.07, 6.45) is 0.403. The molecule has 1 saturated heterocycles. The fourth-order valence-corrected chi connectivity index (χ4v) is 4.91. The highest BCUT2D eigenvalue weighted by Crippen LogP contribution is 2.25. The summed E-state index contributed by atoms with van der Waals surface area (Å²) in [4.78, 5) is 12.6. The third kappa shape index (κ3) is 3.79. The Bertz CT molecular complexity index is 658. The molecule has 0 spiro atoms. The number of hydrogen-bond acceptors (Lipinski definition) is 4. The SMILES string of the molecule is CC1(NC(=O)C(C(N)=S)c2ccccc2)CCS(=O)(=O)C1. The van der Waals surface area contributed by atoms with Gasteiger partial charge in [0.05, 0.1) is 22.0 Å². The van der Waals surface area contributed by atoms with Gasteiger partial charge in [-0.15, -0.1) is 0 Å². The van der Waals surface area contributed by atoms with Gasteiger partial charge in [-0.25, -0.2) is 8.42 Å². The molecular formula is C14H18N2O3S2. The van der Waals surface area contributed by atoms with E-state index in [1.165, 1.54) is 0 Å². The highest BCUT2D eigenvalue weighted by molar-refractivity contribution is 7.91. The van der Waals surface area contributed by atoms with E-state index in [0.717, 1.165) is 0 Å². The third-order valence-corrected chi connectivity index (χ3v) is 5.75. The largest absolute Gasteiger partial charge is 0.392 e. The summed E-state index contributed by atoms with van der Waals surface area (Å²) in [7, 11) is -3.09. The molecule has 5 nitrogen and oxygen atoms in total. The van der Waals surface area contributed by atoms with Crippen molar-refractivity contribution in [3.8, 4) is 0 Å². The zero-order chi connectivity index (χ0) is 15.7. The van der Waals surface area contributed by atoms with Crippen LogP contribution in [0.1, 0.15) is 24.8 Å². The number of thiocarbonyl (C=S) groups is 1. The maximum absolute atomic E-state index is 12.5. The molecule has 1 aromatic carbocycles. The number of rotatable bonds is 4. The van der Waals surface area contributed by atoms with Crippen LogP contribution in [0, 0.1) is 0 Å². The molecule has 0 aliphatic carbocycles. The van der Waals surface area contributed by atoms with Crippen LogP contribution in [0.25, 0.3) is 0 Å². The number of benzene rings is 1. The lowest BCUT2D eigenvalue weighted by Crippen LogP contribution is -2.50. The summed E-state index contributed by atoms with van der Waals surface area (Å²) in [5.41, 5.74) is 5.64. The average Bonchev–Trinajstić information content (AvgIpc) is 2.64. The summed E-state index contributed by atoms with van der Waals surface area (Å²) in [6, 6.07) is 8.99. The molecule has 2 atom stereocenters. The van der Waals surface area contributed by atoms with E-state index in [9.17, 15) is 13.2 Å². The lowest BCUT2D eigenvalue weighted by Gasteiger charge is -2.27. The van der Waals surface area contributed by atoms with Crippen LogP contribution in [0.4, 0.5) is 0 Å². The minimum absolute atomic E-state index is 0.0510. The van der Waals surface area contributed by atoms with Gasteiger partial charge in [0.25, 0.3) is 0 Å². The fraction of sp³-hybridized carbons (Fsp3) is 0.429. The fourth-order valence-electron chi connectivity index (χ4n) is 2.57. The molecule has 1 aliphatic rings. The second-order valence-corrected chi connectivity index (χ2v) is 8.29. The monoisotopic (exact) mass is 326 g/mol. The maximum atomic E-state index is 12.5. The molecule has 1 aliphatic heterocycles. The molecule has 0 bridgehead atoms. The molecule has 0 saturated carbocycles.